The van der Waals surface area contributed by atoms with E-state index in [1.54, 1.807) is 13.8 Å². The molecule has 0 aliphatic rings. The molecule has 1 N–H and O–H groups in total. The third-order valence-corrected chi connectivity index (χ3v) is 8.80. The molecule has 0 rings (SSSR count). The molecule has 0 aliphatic heterocycles. The molecule has 2 atom stereocenters. The Hall–Kier alpha value is -0.0831. The summed E-state index contributed by atoms with van der Waals surface area (Å²) in [6, 6.07) is -0.661. The highest BCUT2D eigenvalue weighted by Crippen LogP contribution is 2.18. The van der Waals surface area contributed by atoms with Gasteiger partial charge in [0.15, 0.2) is 0 Å². The summed E-state index contributed by atoms with van der Waals surface area (Å²) in [6.45, 7) is 3.50. The molecule has 0 heterocycles. The molecule has 0 saturated heterocycles. The largest absolute Gasteiger partial charge is 0.500 e. The summed E-state index contributed by atoms with van der Waals surface area (Å²) in [5.74, 6) is 0. The van der Waals surface area contributed by atoms with Gasteiger partial charge in [0.05, 0.1) is 12.5 Å². The molecule has 0 aromatic heterocycles. The fraction of sp³-hybridized carbons (Fsp3) is 1.00. The molecule has 0 aromatic carbocycles. The first kappa shape index (κ1) is 23.9. The van der Waals surface area contributed by atoms with Gasteiger partial charge in [-0.2, -0.15) is 4.31 Å². The smallest absolute Gasteiger partial charge is 0.377 e. The standard InChI is InChI=1S/C12H30N2O7S2Si/c1-11(13-22(6,15)16)12(2)14(23(7,17)18)9-8-10-24(19-3,20-4)21-5/h11-13H,8-10H2,1-7H3. The van der Waals surface area contributed by atoms with E-state index in [9.17, 15) is 16.8 Å². The van der Waals surface area contributed by atoms with Crippen molar-refractivity contribution >= 4 is 28.9 Å². The topological polar surface area (TPSA) is 111 Å². The van der Waals surface area contributed by atoms with Crippen LogP contribution < -0.4 is 4.72 Å². The molecule has 0 aliphatic carbocycles. The molecule has 0 radical (unpaired) electrons. The minimum absolute atomic E-state index is 0.209. The van der Waals surface area contributed by atoms with Gasteiger partial charge >= 0.3 is 8.80 Å². The number of hydrogen-bond acceptors (Lipinski definition) is 7. The van der Waals surface area contributed by atoms with Crippen molar-refractivity contribution in [3.63, 3.8) is 0 Å². The second-order valence-electron chi connectivity index (χ2n) is 5.69. The normalized spacial score (nSPS) is 16.3. The molecule has 0 saturated carbocycles. The molecular weight excluding hydrogens is 376 g/mol. The zero-order chi connectivity index (χ0) is 19.2. The monoisotopic (exact) mass is 406 g/mol. The first-order chi connectivity index (χ1) is 10.8. The van der Waals surface area contributed by atoms with E-state index in [1.165, 1.54) is 25.6 Å². The van der Waals surface area contributed by atoms with E-state index in [0.29, 0.717) is 12.5 Å². The first-order valence-corrected chi connectivity index (χ1v) is 13.1. The Morgan fingerprint density at radius 2 is 1.46 bits per heavy atom. The van der Waals surface area contributed by atoms with Crippen LogP contribution in [-0.4, -0.2) is 82.4 Å². The van der Waals surface area contributed by atoms with Gasteiger partial charge < -0.3 is 13.3 Å². The average molecular weight is 407 g/mol. The van der Waals surface area contributed by atoms with E-state index >= 15 is 0 Å². The van der Waals surface area contributed by atoms with Crippen molar-refractivity contribution in [3.05, 3.63) is 0 Å². The van der Waals surface area contributed by atoms with Crippen molar-refractivity contribution in [3.8, 4) is 0 Å². The van der Waals surface area contributed by atoms with Gasteiger partial charge in [0.25, 0.3) is 0 Å². The molecule has 12 heteroatoms. The van der Waals surface area contributed by atoms with Crippen molar-refractivity contribution in [1.29, 1.82) is 0 Å². The summed E-state index contributed by atoms with van der Waals surface area (Å²) in [4.78, 5) is 0. The Kier molecular flexibility index (Phi) is 9.54. The van der Waals surface area contributed by atoms with Crippen molar-refractivity contribution < 1.29 is 30.1 Å². The van der Waals surface area contributed by atoms with Gasteiger partial charge in [0.1, 0.15) is 0 Å². The molecular formula is C12H30N2O7S2Si. The molecule has 0 fully saturated rings. The lowest BCUT2D eigenvalue weighted by Gasteiger charge is -2.32. The van der Waals surface area contributed by atoms with E-state index in [0.717, 1.165) is 12.5 Å². The number of rotatable bonds is 12. The SMILES string of the molecule is CO[Si](CCCN(C(C)C(C)NS(C)(=O)=O)S(C)(=O)=O)(OC)OC. The number of sulfonamides is 2. The Morgan fingerprint density at radius 3 is 1.79 bits per heavy atom. The maximum absolute atomic E-state index is 12.1. The number of hydrogen-bond donors (Lipinski definition) is 1. The Bertz CT molecular complexity index is 570. The summed E-state index contributed by atoms with van der Waals surface area (Å²) in [7, 11) is -5.23. The number of nitrogens with one attached hydrogen (secondary N) is 1. The van der Waals surface area contributed by atoms with Gasteiger partial charge in [-0.05, 0) is 20.3 Å². The minimum Gasteiger partial charge on any atom is -0.377 e. The summed E-state index contributed by atoms with van der Waals surface area (Å²) in [6.07, 6.45) is 2.60. The Balaban J connectivity index is 5.05. The van der Waals surface area contributed by atoms with E-state index in [-0.39, 0.29) is 6.54 Å². The molecule has 24 heavy (non-hydrogen) atoms. The van der Waals surface area contributed by atoms with Gasteiger partial charge in [0, 0.05) is 46.0 Å². The molecule has 2 unspecified atom stereocenters. The predicted molar refractivity (Wildman–Crippen MR) is 94.7 cm³/mol. The zero-order valence-corrected chi connectivity index (χ0v) is 18.0. The Morgan fingerprint density at radius 1 is 1.00 bits per heavy atom. The van der Waals surface area contributed by atoms with Crippen LogP contribution in [0.25, 0.3) is 0 Å². The second-order valence-corrected chi connectivity index (χ2v) is 12.5. The Labute approximate surface area is 147 Å². The van der Waals surface area contributed by atoms with E-state index in [2.05, 4.69) is 4.72 Å². The van der Waals surface area contributed by atoms with Crippen LogP contribution in [0.5, 0.6) is 0 Å². The van der Waals surface area contributed by atoms with Crippen LogP contribution in [0, 0.1) is 0 Å². The molecule has 9 nitrogen and oxygen atoms in total. The summed E-state index contributed by atoms with van der Waals surface area (Å²) < 4.78 is 66.5. The van der Waals surface area contributed by atoms with Crippen molar-refractivity contribution in [2.75, 3.05) is 40.4 Å². The maximum Gasteiger partial charge on any atom is 0.500 e. The highest BCUT2D eigenvalue weighted by Gasteiger charge is 2.38. The van der Waals surface area contributed by atoms with Gasteiger partial charge in [-0.25, -0.2) is 21.6 Å². The molecule has 146 valence electrons. The third kappa shape index (κ3) is 7.87. The maximum atomic E-state index is 12.1. The minimum atomic E-state index is -3.51. The van der Waals surface area contributed by atoms with Crippen LogP contribution in [0.1, 0.15) is 20.3 Å². The summed E-state index contributed by atoms with van der Waals surface area (Å²) >= 11 is 0. The second kappa shape index (κ2) is 9.57. The number of nitrogens with zero attached hydrogens (tertiary/aromatic N) is 1. The predicted octanol–water partition coefficient (Wildman–Crippen LogP) is -0.158. The summed E-state index contributed by atoms with van der Waals surface area (Å²) in [5.41, 5.74) is 0. The highest BCUT2D eigenvalue weighted by molar-refractivity contribution is 7.89. The lowest BCUT2D eigenvalue weighted by molar-refractivity contribution is 0.122. The van der Waals surface area contributed by atoms with Gasteiger partial charge in [-0.15, -0.1) is 0 Å². The van der Waals surface area contributed by atoms with Crippen LogP contribution in [-0.2, 0) is 33.3 Å². The molecule has 0 bridgehead atoms. The van der Waals surface area contributed by atoms with E-state index in [1.807, 2.05) is 0 Å². The van der Waals surface area contributed by atoms with Gasteiger partial charge in [-0.1, -0.05) is 0 Å². The average Bonchev–Trinajstić information content (AvgIpc) is 2.44. The van der Waals surface area contributed by atoms with E-state index < -0.39 is 40.9 Å². The van der Waals surface area contributed by atoms with Gasteiger partial charge in [0.2, 0.25) is 20.0 Å². The van der Waals surface area contributed by atoms with Crippen LogP contribution in [0.3, 0.4) is 0 Å². The molecule has 0 amide bonds. The summed E-state index contributed by atoms with van der Waals surface area (Å²) in [5, 5.41) is 0. The van der Waals surface area contributed by atoms with E-state index in [4.69, 9.17) is 13.3 Å². The fourth-order valence-electron chi connectivity index (χ4n) is 2.36. The van der Waals surface area contributed by atoms with Crippen LogP contribution >= 0.6 is 0 Å². The van der Waals surface area contributed by atoms with Gasteiger partial charge in [-0.3, -0.25) is 0 Å². The first-order valence-electron chi connectivity index (χ1n) is 7.41. The van der Waals surface area contributed by atoms with Crippen LogP contribution in [0.2, 0.25) is 6.04 Å². The van der Waals surface area contributed by atoms with Crippen LogP contribution in [0.15, 0.2) is 0 Å². The molecule has 0 spiro atoms. The lowest BCUT2D eigenvalue weighted by Crippen LogP contribution is -2.51. The van der Waals surface area contributed by atoms with Crippen molar-refractivity contribution in [2.24, 2.45) is 0 Å². The van der Waals surface area contributed by atoms with Crippen molar-refractivity contribution in [2.45, 2.75) is 38.4 Å². The zero-order valence-electron chi connectivity index (χ0n) is 15.4. The van der Waals surface area contributed by atoms with Crippen LogP contribution in [0.4, 0.5) is 0 Å². The quantitative estimate of drug-likeness (QED) is 0.448. The molecule has 0 aromatic rings. The fourth-order valence-corrected chi connectivity index (χ4v) is 6.19. The highest BCUT2D eigenvalue weighted by atomic mass is 32.2. The lowest BCUT2D eigenvalue weighted by atomic mass is 10.2. The third-order valence-electron chi connectivity index (χ3n) is 3.80. The van der Waals surface area contributed by atoms with Crippen molar-refractivity contribution in [1.82, 2.24) is 9.03 Å².